The van der Waals surface area contributed by atoms with Crippen LogP contribution in [-0.4, -0.2) is 119 Å². The summed E-state index contributed by atoms with van der Waals surface area (Å²) in [4.78, 5) is 66.0. The van der Waals surface area contributed by atoms with Crippen LogP contribution in [0.5, 0.6) is 11.5 Å². The molecule has 0 saturated carbocycles. The van der Waals surface area contributed by atoms with Gasteiger partial charge in [-0.25, -0.2) is 9.97 Å². The van der Waals surface area contributed by atoms with E-state index in [1.54, 1.807) is 50.3 Å². The molecule has 6 heterocycles. The molecule has 2 aliphatic heterocycles. The van der Waals surface area contributed by atoms with Crippen molar-refractivity contribution in [3.05, 3.63) is 82.5 Å². The average molecular weight is 904 g/mol. The predicted octanol–water partition coefficient (Wildman–Crippen LogP) is 4.69. The minimum atomic E-state index is -0.666. The normalized spacial score (nSPS) is 17.4. The number of allylic oxidation sites excluding steroid dienone is 2. The van der Waals surface area contributed by atoms with Crippen LogP contribution in [0.15, 0.2) is 48.6 Å². The number of nitrogens with zero attached hydrogens (tertiary/aromatic N) is 9. The molecule has 348 valence electrons. The first kappa shape index (κ1) is 45.5. The van der Waals surface area contributed by atoms with E-state index in [1.165, 1.54) is 0 Å². The third-order valence-electron chi connectivity index (χ3n) is 11.5. The Morgan fingerprint density at radius 1 is 0.712 bits per heavy atom. The van der Waals surface area contributed by atoms with Crippen LogP contribution in [0.25, 0.3) is 22.1 Å². The van der Waals surface area contributed by atoms with Crippen molar-refractivity contribution in [2.45, 2.75) is 92.8 Å². The van der Waals surface area contributed by atoms with E-state index in [-0.39, 0.29) is 61.9 Å². The Bertz CT molecular complexity index is 2820. The fourth-order valence-electron chi connectivity index (χ4n) is 8.63. The average Bonchev–Trinajstić information content (AvgIpc) is 4.04. The summed E-state index contributed by atoms with van der Waals surface area (Å²) in [6.07, 6.45) is 5.23. The van der Waals surface area contributed by atoms with Gasteiger partial charge in [0.2, 0.25) is 17.8 Å². The maximum absolute atomic E-state index is 13.9. The molecule has 1 fully saturated rings. The number of nitrogens with two attached hydrogens (primary N) is 1. The smallest absolute Gasteiger partial charge is 0.276 e. The Hall–Kier alpha value is -7.06. The maximum Gasteiger partial charge on any atom is 0.276 e. The molecule has 2 aliphatic rings. The van der Waals surface area contributed by atoms with Crippen molar-refractivity contribution in [2.75, 3.05) is 50.0 Å². The molecule has 8 rings (SSSR count). The van der Waals surface area contributed by atoms with Crippen LogP contribution < -0.4 is 31.2 Å². The lowest BCUT2D eigenvalue weighted by Gasteiger charge is -2.35. The fourth-order valence-corrected chi connectivity index (χ4v) is 8.63. The van der Waals surface area contributed by atoms with Gasteiger partial charge in [-0.05, 0) is 84.4 Å². The van der Waals surface area contributed by atoms with Gasteiger partial charge in [-0.2, -0.15) is 10.2 Å². The molecule has 1 saturated heterocycles. The Morgan fingerprint density at radius 3 is 1.71 bits per heavy atom. The lowest BCUT2D eigenvalue weighted by Crippen LogP contribution is -2.46. The molecule has 0 radical (unpaired) electrons. The summed E-state index contributed by atoms with van der Waals surface area (Å²) in [6, 6.07) is 9.96. The van der Waals surface area contributed by atoms with Crippen LogP contribution in [-0.2, 0) is 30.9 Å². The second-order valence-electron chi connectivity index (χ2n) is 16.7. The van der Waals surface area contributed by atoms with Gasteiger partial charge in [0.15, 0.2) is 0 Å². The Kier molecular flexibility index (Phi) is 13.5. The molecule has 5 N–H and O–H groups in total. The van der Waals surface area contributed by atoms with Crippen LogP contribution in [0.1, 0.15) is 93.6 Å². The molecule has 0 unspecified atom stereocenters. The molecule has 4 aromatic heterocycles. The van der Waals surface area contributed by atoms with Crippen molar-refractivity contribution >= 4 is 57.6 Å². The van der Waals surface area contributed by atoms with Gasteiger partial charge in [-0.1, -0.05) is 12.2 Å². The van der Waals surface area contributed by atoms with E-state index in [0.717, 1.165) is 26.1 Å². The Labute approximate surface area is 381 Å². The Morgan fingerprint density at radius 2 is 1.21 bits per heavy atom. The molecule has 2 atom stereocenters. The van der Waals surface area contributed by atoms with Crippen LogP contribution in [0.2, 0.25) is 0 Å². The third-order valence-corrected chi connectivity index (χ3v) is 11.5. The lowest BCUT2D eigenvalue weighted by molar-refractivity contribution is -0.0680. The van der Waals surface area contributed by atoms with E-state index in [9.17, 15) is 19.2 Å². The van der Waals surface area contributed by atoms with Gasteiger partial charge in [-0.3, -0.25) is 44.1 Å². The highest BCUT2D eigenvalue weighted by atomic mass is 16.5. The van der Waals surface area contributed by atoms with Gasteiger partial charge in [0.05, 0.1) is 47.8 Å². The largest absolute Gasteiger partial charge is 0.491 e. The quantitative estimate of drug-likeness (QED) is 0.0969. The van der Waals surface area contributed by atoms with Crippen molar-refractivity contribution in [2.24, 2.45) is 5.73 Å². The van der Waals surface area contributed by atoms with E-state index < -0.39 is 17.7 Å². The zero-order valence-corrected chi connectivity index (χ0v) is 38.2. The standard InChI is InChI=1S/C46H57N13O7/c1-7-58-35(19-27(3)53-58)43(62)51-45-49-33-21-31(41(47)60)23-37-39(33)56(45)15-9-10-16-57-40-34(50-46(57)52-44(63)36-20-28(4)54-59(36)8-2)22-32(24-38(40)65-18-12-17-64-37)42(61)48-13-11-14-55-25-29(5)66-30(6)26-55/h9-10,19-24,29-30H,7-8,11-18,25-26H2,1-6H3,(H2,47,60)(H,48,61)(H,49,51,62)(H,50,52,63)/b10-9+/t29-,30+. The van der Waals surface area contributed by atoms with Gasteiger partial charge < -0.3 is 34.4 Å². The van der Waals surface area contributed by atoms with Gasteiger partial charge >= 0.3 is 0 Å². The number of carbonyl (C=O) groups excluding carboxylic acids is 4. The van der Waals surface area contributed by atoms with Crippen LogP contribution in [0, 0.1) is 13.8 Å². The number of hydrogen-bond acceptors (Lipinski definition) is 12. The summed E-state index contributed by atoms with van der Waals surface area (Å²) < 4.78 is 25.6. The minimum absolute atomic E-state index is 0.156. The van der Waals surface area contributed by atoms with E-state index in [0.29, 0.717) is 88.0 Å². The number of imidazole rings is 2. The number of hydrogen-bond donors (Lipinski definition) is 4. The van der Waals surface area contributed by atoms with Gasteiger partial charge in [0.1, 0.15) is 33.9 Å². The molecule has 0 spiro atoms. The topological polar surface area (TPSA) is 233 Å². The van der Waals surface area contributed by atoms with Crippen LogP contribution >= 0.6 is 0 Å². The minimum Gasteiger partial charge on any atom is -0.491 e. The summed E-state index contributed by atoms with van der Waals surface area (Å²) in [5, 5.41) is 17.9. The number of carbonyl (C=O) groups is 4. The monoisotopic (exact) mass is 903 g/mol. The Balaban J connectivity index is 1.14. The number of primary amides is 1. The fraction of sp³-hybridized carbons (Fsp3) is 0.435. The van der Waals surface area contributed by atoms with E-state index >= 15 is 0 Å². The van der Waals surface area contributed by atoms with Crippen molar-refractivity contribution in [3.63, 3.8) is 0 Å². The molecule has 2 aromatic carbocycles. The molecular formula is C46H57N13O7. The van der Waals surface area contributed by atoms with E-state index in [2.05, 4.69) is 44.9 Å². The number of aromatic nitrogens is 8. The summed E-state index contributed by atoms with van der Waals surface area (Å²) in [5.74, 6) is -0.599. The maximum atomic E-state index is 13.9. The number of nitrogens with one attached hydrogen (secondary N) is 3. The van der Waals surface area contributed by atoms with Gasteiger partial charge in [-0.15, -0.1) is 0 Å². The summed E-state index contributed by atoms with van der Waals surface area (Å²) in [5.41, 5.74) is 10.3. The SMILES string of the molecule is CCn1nc(C)cc1C(=O)Nc1nc2cc(C(N)=O)cc3c2n1C/C=C/Cn1c(NC(=O)c2cc(C)nn2CC)nc2cc(C(=O)NCCCN4C[C@@H](C)O[C@@H](C)C4)cc(c21)OCCCO3. The van der Waals surface area contributed by atoms with E-state index in [4.69, 9.17) is 29.9 Å². The number of amides is 4. The molecule has 4 amide bonds. The summed E-state index contributed by atoms with van der Waals surface area (Å²) >= 11 is 0. The number of ether oxygens (including phenoxy) is 3. The number of morpholine rings is 1. The lowest BCUT2D eigenvalue weighted by atomic mass is 10.1. The number of anilines is 2. The molecular weight excluding hydrogens is 847 g/mol. The van der Waals surface area contributed by atoms with Gasteiger partial charge in [0, 0.05) is 69.9 Å². The van der Waals surface area contributed by atoms with Crippen molar-refractivity contribution in [1.29, 1.82) is 0 Å². The second kappa shape index (κ2) is 19.6. The zero-order chi connectivity index (χ0) is 46.6. The van der Waals surface area contributed by atoms with Gasteiger partial charge in [0.25, 0.3) is 17.7 Å². The highest BCUT2D eigenvalue weighted by molar-refractivity contribution is 6.05. The van der Waals surface area contributed by atoms with Crippen LogP contribution in [0.3, 0.4) is 0 Å². The van der Waals surface area contributed by atoms with Crippen molar-refractivity contribution < 1.29 is 33.4 Å². The summed E-state index contributed by atoms with van der Waals surface area (Å²) in [6.45, 7) is 16.3. The molecule has 20 nitrogen and oxygen atoms in total. The number of rotatable bonds is 12. The molecule has 20 heteroatoms. The molecule has 0 bridgehead atoms. The molecule has 66 heavy (non-hydrogen) atoms. The number of aryl methyl sites for hydroxylation is 4. The highest BCUT2D eigenvalue weighted by Crippen LogP contribution is 2.34. The zero-order valence-electron chi connectivity index (χ0n) is 38.2. The van der Waals surface area contributed by atoms with E-state index in [1.807, 2.05) is 44.4 Å². The number of benzene rings is 2. The predicted molar refractivity (Wildman–Crippen MR) is 247 cm³/mol. The first-order chi connectivity index (χ1) is 31.8. The molecule has 0 aliphatic carbocycles. The third kappa shape index (κ3) is 9.79. The van der Waals surface area contributed by atoms with Crippen molar-refractivity contribution in [3.8, 4) is 11.5 Å². The summed E-state index contributed by atoms with van der Waals surface area (Å²) in [7, 11) is 0. The molecule has 6 aromatic rings. The highest BCUT2D eigenvalue weighted by Gasteiger charge is 2.25. The van der Waals surface area contributed by atoms with Crippen molar-refractivity contribution in [1.82, 2.24) is 48.9 Å². The second-order valence-corrected chi connectivity index (χ2v) is 16.7. The van der Waals surface area contributed by atoms with Crippen LogP contribution in [0.4, 0.5) is 11.9 Å². The first-order valence-electron chi connectivity index (χ1n) is 22.5. The first-order valence-corrected chi connectivity index (χ1v) is 22.5.